The van der Waals surface area contributed by atoms with Crippen LogP contribution in [0.2, 0.25) is 5.02 Å². The minimum absolute atomic E-state index is 0.0657. The lowest BCUT2D eigenvalue weighted by molar-refractivity contribution is -0.137. The summed E-state index contributed by atoms with van der Waals surface area (Å²) in [7, 11) is 0. The Balaban J connectivity index is 2.57. The molecular weight excluding hydrogens is 257 g/mol. The lowest BCUT2D eigenvalue weighted by Gasteiger charge is -2.07. The molecule has 0 unspecified atom stereocenters. The van der Waals surface area contributed by atoms with Crippen LogP contribution in [0.15, 0.2) is 18.5 Å². The molecule has 0 amide bonds. The van der Waals surface area contributed by atoms with Crippen LogP contribution in [-0.4, -0.2) is 21.1 Å². The van der Waals surface area contributed by atoms with Crippen LogP contribution in [0.1, 0.15) is 11.3 Å². The molecule has 2 aromatic rings. The summed E-state index contributed by atoms with van der Waals surface area (Å²) in [5.41, 5.74) is -0.0835. The van der Waals surface area contributed by atoms with E-state index in [0.29, 0.717) is 5.69 Å². The van der Waals surface area contributed by atoms with Crippen LogP contribution in [0.4, 0.5) is 13.2 Å². The smallest absolute Gasteiger partial charge is 0.396 e. The lowest BCUT2D eigenvalue weighted by Crippen LogP contribution is -2.06. The summed E-state index contributed by atoms with van der Waals surface area (Å²) in [6, 6.07) is 0.840. The molecule has 0 spiro atoms. The van der Waals surface area contributed by atoms with Crippen molar-refractivity contribution in [2.24, 2.45) is 0 Å². The molecule has 7 heteroatoms. The standard InChI is InChI=1S/C10H8ClF3N2O/c11-8-3-6(10(12,13)14)4-16-5-7(1-2-17)15-9(8)16/h3-5,17H,1-2H2. The summed E-state index contributed by atoms with van der Waals surface area (Å²) < 4.78 is 38.8. The molecule has 17 heavy (non-hydrogen) atoms. The second-order valence-corrected chi connectivity index (χ2v) is 3.92. The van der Waals surface area contributed by atoms with Gasteiger partial charge in [-0.25, -0.2) is 4.98 Å². The van der Waals surface area contributed by atoms with Gasteiger partial charge in [0.05, 0.1) is 16.3 Å². The van der Waals surface area contributed by atoms with Gasteiger partial charge < -0.3 is 9.51 Å². The third kappa shape index (κ3) is 2.37. The number of halogens is 4. The van der Waals surface area contributed by atoms with Gasteiger partial charge in [0.15, 0.2) is 5.65 Å². The van der Waals surface area contributed by atoms with Crippen molar-refractivity contribution in [1.82, 2.24) is 9.38 Å². The molecule has 0 radical (unpaired) electrons. The van der Waals surface area contributed by atoms with E-state index in [-0.39, 0.29) is 23.7 Å². The normalized spacial score (nSPS) is 12.3. The maximum atomic E-state index is 12.5. The summed E-state index contributed by atoms with van der Waals surface area (Å²) in [5, 5.41) is 8.67. The van der Waals surface area contributed by atoms with E-state index in [1.54, 1.807) is 0 Å². The van der Waals surface area contributed by atoms with Crippen molar-refractivity contribution in [2.75, 3.05) is 6.61 Å². The lowest BCUT2D eigenvalue weighted by atomic mass is 10.3. The zero-order valence-corrected chi connectivity index (χ0v) is 9.26. The molecule has 0 fully saturated rings. The van der Waals surface area contributed by atoms with Crippen LogP contribution < -0.4 is 0 Å². The molecule has 1 N–H and O–H groups in total. The van der Waals surface area contributed by atoms with Crippen molar-refractivity contribution in [1.29, 1.82) is 0 Å². The largest absolute Gasteiger partial charge is 0.417 e. The molecule has 0 bridgehead atoms. The van der Waals surface area contributed by atoms with Crippen LogP contribution in [0.5, 0.6) is 0 Å². The average molecular weight is 265 g/mol. The predicted molar refractivity (Wildman–Crippen MR) is 56.0 cm³/mol. The Morgan fingerprint density at radius 1 is 1.35 bits per heavy atom. The van der Waals surface area contributed by atoms with Crippen LogP contribution in [0.25, 0.3) is 5.65 Å². The van der Waals surface area contributed by atoms with Gasteiger partial charge in [-0.3, -0.25) is 0 Å². The van der Waals surface area contributed by atoms with Gasteiger partial charge in [-0.1, -0.05) is 11.6 Å². The van der Waals surface area contributed by atoms with Crippen molar-refractivity contribution in [3.63, 3.8) is 0 Å². The van der Waals surface area contributed by atoms with Gasteiger partial charge in [0, 0.05) is 25.4 Å². The second-order valence-electron chi connectivity index (χ2n) is 3.51. The van der Waals surface area contributed by atoms with E-state index in [1.165, 1.54) is 10.6 Å². The van der Waals surface area contributed by atoms with E-state index < -0.39 is 11.7 Å². The fourth-order valence-electron chi connectivity index (χ4n) is 1.50. The molecule has 2 rings (SSSR count). The Labute approximate surface area is 99.5 Å². The maximum Gasteiger partial charge on any atom is 0.417 e. The summed E-state index contributed by atoms with van der Waals surface area (Å²) in [4.78, 5) is 4.03. The van der Waals surface area contributed by atoms with Crippen molar-refractivity contribution < 1.29 is 18.3 Å². The molecular formula is C10H8ClF3N2O. The van der Waals surface area contributed by atoms with E-state index >= 15 is 0 Å². The van der Waals surface area contributed by atoms with Crippen LogP contribution in [-0.2, 0) is 12.6 Å². The van der Waals surface area contributed by atoms with E-state index in [2.05, 4.69) is 4.98 Å². The van der Waals surface area contributed by atoms with Gasteiger partial charge in [0.1, 0.15) is 0 Å². The highest BCUT2D eigenvalue weighted by Crippen LogP contribution is 2.32. The predicted octanol–water partition coefficient (Wildman–Crippen LogP) is 2.54. The zero-order chi connectivity index (χ0) is 12.6. The van der Waals surface area contributed by atoms with Crippen LogP contribution in [0.3, 0.4) is 0 Å². The van der Waals surface area contributed by atoms with Crippen molar-refractivity contribution in [3.05, 3.63) is 34.7 Å². The van der Waals surface area contributed by atoms with E-state index in [1.807, 2.05) is 0 Å². The minimum Gasteiger partial charge on any atom is -0.396 e. The molecule has 3 nitrogen and oxygen atoms in total. The fraction of sp³-hybridized carbons (Fsp3) is 0.300. The monoisotopic (exact) mass is 264 g/mol. The molecule has 2 aromatic heterocycles. The molecule has 92 valence electrons. The van der Waals surface area contributed by atoms with Crippen LogP contribution in [0, 0.1) is 0 Å². The number of aromatic nitrogens is 2. The topological polar surface area (TPSA) is 37.5 Å². The van der Waals surface area contributed by atoms with Crippen molar-refractivity contribution in [3.8, 4) is 0 Å². The Morgan fingerprint density at radius 3 is 2.65 bits per heavy atom. The highest BCUT2D eigenvalue weighted by Gasteiger charge is 2.31. The number of hydrogen-bond acceptors (Lipinski definition) is 2. The number of alkyl halides is 3. The van der Waals surface area contributed by atoms with Gasteiger partial charge in [0.2, 0.25) is 0 Å². The number of aliphatic hydroxyl groups is 1. The Kier molecular flexibility index (Phi) is 3.01. The zero-order valence-electron chi connectivity index (χ0n) is 8.50. The van der Waals surface area contributed by atoms with Gasteiger partial charge >= 0.3 is 6.18 Å². The highest BCUT2D eigenvalue weighted by molar-refractivity contribution is 6.33. The molecule has 0 aromatic carbocycles. The average Bonchev–Trinajstić information content (AvgIpc) is 2.60. The first kappa shape index (κ1) is 12.2. The summed E-state index contributed by atoms with van der Waals surface area (Å²) in [6.45, 7) is -0.117. The minimum atomic E-state index is -4.45. The van der Waals surface area contributed by atoms with Gasteiger partial charge in [0.25, 0.3) is 0 Å². The number of pyridine rings is 1. The number of nitrogens with zero attached hydrogens (tertiary/aromatic N) is 2. The number of hydrogen-bond donors (Lipinski definition) is 1. The first-order chi connectivity index (χ1) is 7.91. The Bertz CT molecular complexity index is 550. The highest BCUT2D eigenvalue weighted by atomic mass is 35.5. The summed E-state index contributed by atoms with van der Waals surface area (Å²) >= 11 is 5.74. The van der Waals surface area contributed by atoms with E-state index in [4.69, 9.17) is 16.7 Å². The quantitative estimate of drug-likeness (QED) is 0.905. The number of rotatable bonds is 2. The number of imidazole rings is 1. The summed E-state index contributed by atoms with van der Waals surface area (Å²) in [6.07, 6.45) is -1.82. The molecule has 0 aliphatic carbocycles. The number of fused-ring (bicyclic) bond motifs is 1. The summed E-state index contributed by atoms with van der Waals surface area (Å²) in [5.74, 6) is 0. The molecule has 0 atom stereocenters. The molecule has 2 heterocycles. The first-order valence-corrected chi connectivity index (χ1v) is 5.15. The van der Waals surface area contributed by atoms with Gasteiger partial charge in [-0.15, -0.1) is 0 Å². The molecule has 0 aliphatic rings. The first-order valence-electron chi connectivity index (χ1n) is 4.77. The van der Waals surface area contributed by atoms with E-state index in [9.17, 15) is 13.2 Å². The Hall–Kier alpha value is -1.27. The van der Waals surface area contributed by atoms with Crippen LogP contribution >= 0.6 is 11.6 Å². The van der Waals surface area contributed by atoms with Gasteiger partial charge in [-0.05, 0) is 6.07 Å². The SMILES string of the molecule is OCCc1cn2cc(C(F)(F)F)cc(Cl)c2n1. The third-order valence-corrected chi connectivity index (χ3v) is 2.53. The molecule has 0 saturated heterocycles. The number of aliphatic hydroxyl groups excluding tert-OH is 1. The van der Waals surface area contributed by atoms with E-state index in [0.717, 1.165) is 12.3 Å². The fourth-order valence-corrected chi connectivity index (χ4v) is 1.76. The molecule has 0 aliphatic heterocycles. The Morgan fingerprint density at radius 2 is 2.06 bits per heavy atom. The van der Waals surface area contributed by atoms with Crippen molar-refractivity contribution >= 4 is 17.2 Å². The third-order valence-electron chi connectivity index (χ3n) is 2.25. The molecule has 0 saturated carbocycles. The second kappa shape index (κ2) is 4.19. The van der Waals surface area contributed by atoms with Gasteiger partial charge in [-0.2, -0.15) is 13.2 Å². The maximum absolute atomic E-state index is 12.5. The van der Waals surface area contributed by atoms with Crippen molar-refractivity contribution in [2.45, 2.75) is 12.6 Å².